The molecule has 0 radical (unpaired) electrons. The molecule has 6 nitrogen and oxygen atoms in total. The first-order valence-electron chi connectivity index (χ1n) is 9.58. The number of aryl methyl sites for hydroxylation is 1. The van der Waals surface area contributed by atoms with E-state index in [2.05, 4.69) is 69.2 Å². The van der Waals surface area contributed by atoms with Crippen molar-refractivity contribution in [1.29, 1.82) is 0 Å². The van der Waals surface area contributed by atoms with Gasteiger partial charge >= 0.3 is 0 Å². The lowest BCUT2D eigenvalue weighted by Gasteiger charge is -2.31. The molecular weight excluding hydrogens is 338 g/mol. The molecule has 1 aliphatic rings. The first-order chi connectivity index (χ1) is 13.1. The Hall–Kier alpha value is -2.44. The molecule has 1 aromatic carbocycles. The molecule has 0 amide bonds. The number of nitrogens with one attached hydrogen (secondary N) is 1. The normalized spacial score (nSPS) is 15.7. The van der Waals surface area contributed by atoms with Gasteiger partial charge in [-0.15, -0.1) is 10.2 Å². The summed E-state index contributed by atoms with van der Waals surface area (Å²) in [6.07, 6.45) is 1.13. The SMILES string of the molecule is Cc1ccc(-c2nnc(CN[C@H](C)CN3CCc4ccccc4C3)o2)n1C. The molecule has 0 spiro atoms. The molecule has 6 heteroatoms. The molecule has 0 aliphatic carbocycles. The molecule has 0 fully saturated rings. The van der Waals surface area contributed by atoms with Crippen LogP contribution in [0.25, 0.3) is 11.6 Å². The fourth-order valence-electron chi connectivity index (χ4n) is 3.68. The van der Waals surface area contributed by atoms with Crippen LogP contribution in [0.4, 0.5) is 0 Å². The Balaban J connectivity index is 1.30. The van der Waals surface area contributed by atoms with E-state index in [0.717, 1.165) is 31.7 Å². The molecule has 3 heterocycles. The molecule has 0 saturated heterocycles. The standard InChI is InChI=1S/C21H27N5O/c1-15(13-26-11-10-17-6-4-5-7-18(17)14-26)22-12-20-23-24-21(27-20)19-9-8-16(2)25(19)3/h4-9,15,22H,10-14H2,1-3H3/t15-/m1/s1. The van der Waals surface area contributed by atoms with Gasteiger partial charge in [-0.1, -0.05) is 24.3 Å². The van der Waals surface area contributed by atoms with Crippen molar-refractivity contribution in [3.63, 3.8) is 0 Å². The zero-order chi connectivity index (χ0) is 18.8. The van der Waals surface area contributed by atoms with Gasteiger partial charge in [0.1, 0.15) is 5.69 Å². The fourth-order valence-corrected chi connectivity index (χ4v) is 3.68. The lowest BCUT2D eigenvalue weighted by Crippen LogP contribution is -2.41. The zero-order valence-electron chi connectivity index (χ0n) is 16.3. The summed E-state index contributed by atoms with van der Waals surface area (Å²) < 4.78 is 7.89. The third-order valence-electron chi connectivity index (χ3n) is 5.40. The maximum Gasteiger partial charge on any atom is 0.264 e. The van der Waals surface area contributed by atoms with Gasteiger partial charge in [-0.2, -0.15) is 0 Å². The maximum atomic E-state index is 5.83. The van der Waals surface area contributed by atoms with Crippen LogP contribution in [-0.2, 0) is 26.6 Å². The second-order valence-corrected chi connectivity index (χ2v) is 7.46. The van der Waals surface area contributed by atoms with Crippen molar-refractivity contribution in [3.05, 3.63) is 59.1 Å². The van der Waals surface area contributed by atoms with Crippen LogP contribution in [0.1, 0.15) is 29.6 Å². The highest BCUT2D eigenvalue weighted by molar-refractivity contribution is 5.48. The van der Waals surface area contributed by atoms with E-state index in [9.17, 15) is 0 Å². The molecule has 0 saturated carbocycles. The van der Waals surface area contributed by atoms with Crippen molar-refractivity contribution in [3.8, 4) is 11.6 Å². The van der Waals surface area contributed by atoms with Crippen LogP contribution in [0.15, 0.2) is 40.8 Å². The summed E-state index contributed by atoms with van der Waals surface area (Å²) in [7, 11) is 2.01. The monoisotopic (exact) mass is 365 g/mol. The summed E-state index contributed by atoms with van der Waals surface area (Å²) >= 11 is 0. The molecule has 142 valence electrons. The first kappa shape index (κ1) is 17.9. The molecule has 1 atom stereocenters. The van der Waals surface area contributed by atoms with Crippen molar-refractivity contribution in [1.82, 2.24) is 25.0 Å². The molecule has 2 aromatic heterocycles. The van der Waals surface area contributed by atoms with Crippen molar-refractivity contribution >= 4 is 0 Å². The predicted molar refractivity (Wildman–Crippen MR) is 105 cm³/mol. The number of benzene rings is 1. The average Bonchev–Trinajstić information content (AvgIpc) is 3.27. The van der Waals surface area contributed by atoms with E-state index < -0.39 is 0 Å². The highest BCUT2D eigenvalue weighted by Gasteiger charge is 2.18. The van der Waals surface area contributed by atoms with Crippen molar-refractivity contribution in [2.24, 2.45) is 7.05 Å². The number of rotatable bonds is 6. The van der Waals surface area contributed by atoms with Gasteiger partial charge in [0.25, 0.3) is 5.89 Å². The third kappa shape index (κ3) is 3.96. The predicted octanol–water partition coefficient (Wildman–Crippen LogP) is 2.92. The number of hydrogen-bond acceptors (Lipinski definition) is 5. The maximum absolute atomic E-state index is 5.83. The molecule has 0 unspecified atom stereocenters. The highest BCUT2D eigenvalue weighted by Crippen LogP contribution is 2.20. The quantitative estimate of drug-likeness (QED) is 0.728. The Morgan fingerprint density at radius 2 is 1.96 bits per heavy atom. The molecule has 1 N–H and O–H groups in total. The minimum atomic E-state index is 0.350. The minimum absolute atomic E-state index is 0.350. The second-order valence-electron chi connectivity index (χ2n) is 7.46. The Labute approximate surface area is 160 Å². The number of aromatic nitrogens is 3. The largest absolute Gasteiger partial charge is 0.418 e. The van der Waals surface area contributed by atoms with E-state index in [1.165, 1.54) is 16.8 Å². The zero-order valence-corrected chi connectivity index (χ0v) is 16.3. The number of nitrogens with zero attached hydrogens (tertiary/aromatic N) is 4. The van der Waals surface area contributed by atoms with Crippen LogP contribution >= 0.6 is 0 Å². The van der Waals surface area contributed by atoms with E-state index in [0.29, 0.717) is 24.4 Å². The number of hydrogen-bond donors (Lipinski definition) is 1. The summed E-state index contributed by atoms with van der Waals surface area (Å²) in [5.74, 6) is 1.20. The van der Waals surface area contributed by atoms with E-state index >= 15 is 0 Å². The summed E-state index contributed by atoms with van der Waals surface area (Å²) in [5.41, 5.74) is 5.06. The topological polar surface area (TPSA) is 59.1 Å². The van der Waals surface area contributed by atoms with Gasteiger partial charge in [0.2, 0.25) is 5.89 Å². The van der Waals surface area contributed by atoms with Gasteiger partial charge in [0, 0.05) is 38.4 Å². The van der Waals surface area contributed by atoms with Crippen LogP contribution in [0.5, 0.6) is 0 Å². The fraction of sp³-hybridized carbons (Fsp3) is 0.429. The Morgan fingerprint density at radius 3 is 2.74 bits per heavy atom. The second kappa shape index (κ2) is 7.66. The summed E-state index contributed by atoms with van der Waals surface area (Å²) in [6.45, 7) is 8.00. The van der Waals surface area contributed by atoms with E-state index in [-0.39, 0.29) is 0 Å². The van der Waals surface area contributed by atoms with Gasteiger partial charge in [-0.25, -0.2) is 0 Å². The van der Waals surface area contributed by atoms with Crippen molar-refractivity contribution in [2.75, 3.05) is 13.1 Å². The summed E-state index contributed by atoms with van der Waals surface area (Å²) in [6, 6.07) is 13.2. The summed E-state index contributed by atoms with van der Waals surface area (Å²) in [4.78, 5) is 2.51. The number of fused-ring (bicyclic) bond motifs is 1. The van der Waals surface area contributed by atoms with Gasteiger partial charge in [-0.05, 0) is 43.5 Å². The first-order valence-corrected chi connectivity index (χ1v) is 9.58. The van der Waals surface area contributed by atoms with Gasteiger partial charge in [0.05, 0.1) is 6.54 Å². The minimum Gasteiger partial charge on any atom is -0.418 e. The Bertz CT molecular complexity index is 913. The molecule has 1 aliphatic heterocycles. The average molecular weight is 365 g/mol. The Kier molecular flexibility index (Phi) is 5.09. The highest BCUT2D eigenvalue weighted by atomic mass is 16.4. The Morgan fingerprint density at radius 1 is 1.15 bits per heavy atom. The lowest BCUT2D eigenvalue weighted by atomic mass is 10.00. The molecular formula is C21H27N5O. The van der Waals surface area contributed by atoms with Gasteiger partial charge in [-0.3, -0.25) is 4.90 Å². The van der Waals surface area contributed by atoms with Crippen molar-refractivity contribution in [2.45, 2.75) is 39.4 Å². The molecule has 3 aromatic rings. The van der Waals surface area contributed by atoms with Crippen LogP contribution in [0.2, 0.25) is 0 Å². The van der Waals surface area contributed by atoms with E-state index in [1.54, 1.807) is 0 Å². The third-order valence-corrected chi connectivity index (χ3v) is 5.40. The lowest BCUT2D eigenvalue weighted by molar-refractivity contribution is 0.227. The van der Waals surface area contributed by atoms with Crippen molar-refractivity contribution < 1.29 is 4.42 Å². The van der Waals surface area contributed by atoms with E-state index in [4.69, 9.17) is 4.42 Å². The molecule has 4 rings (SSSR count). The van der Waals surface area contributed by atoms with Crippen LogP contribution in [-0.4, -0.2) is 38.8 Å². The summed E-state index contributed by atoms with van der Waals surface area (Å²) in [5, 5.41) is 11.9. The molecule has 27 heavy (non-hydrogen) atoms. The van der Waals surface area contributed by atoms with Crippen LogP contribution in [0.3, 0.4) is 0 Å². The van der Waals surface area contributed by atoms with Gasteiger partial charge in [0.15, 0.2) is 0 Å². The smallest absolute Gasteiger partial charge is 0.264 e. The van der Waals surface area contributed by atoms with Crippen LogP contribution in [0, 0.1) is 6.92 Å². The molecule has 0 bridgehead atoms. The van der Waals surface area contributed by atoms with Crippen LogP contribution < -0.4 is 5.32 Å². The van der Waals surface area contributed by atoms with Gasteiger partial charge < -0.3 is 14.3 Å². The van der Waals surface area contributed by atoms with E-state index in [1.807, 2.05) is 13.1 Å².